The molecule has 0 aliphatic carbocycles. The number of amides is 1. The minimum Gasteiger partial charge on any atom is -0.504 e. The van der Waals surface area contributed by atoms with E-state index < -0.39 is 0 Å². The van der Waals surface area contributed by atoms with Crippen LogP contribution in [0.3, 0.4) is 0 Å². The van der Waals surface area contributed by atoms with Gasteiger partial charge in [0.05, 0.1) is 21.3 Å². The lowest BCUT2D eigenvalue weighted by atomic mass is 10.2. The van der Waals surface area contributed by atoms with Gasteiger partial charge in [0.15, 0.2) is 16.7 Å². The van der Waals surface area contributed by atoms with E-state index in [-0.39, 0.29) is 11.7 Å². The van der Waals surface area contributed by atoms with Gasteiger partial charge in [-0.2, -0.15) is 0 Å². The van der Waals surface area contributed by atoms with Gasteiger partial charge in [0.25, 0.3) is 5.91 Å². The summed E-state index contributed by atoms with van der Waals surface area (Å²) in [5.74, 6) is 0.363. The minimum atomic E-state index is -0.110. The van der Waals surface area contributed by atoms with Crippen molar-refractivity contribution in [3.05, 3.63) is 56.5 Å². The number of hydrogen-bond donors (Lipinski definition) is 1. The highest BCUT2D eigenvalue weighted by molar-refractivity contribution is 14.1. The van der Waals surface area contributed by atoms with E-state index in [1.54, 1.807) is 25.3 Å². The monoisotopic (exact) mass is 466 g/mol. The molecule has 3 rings (SSSR count). The molecule has 7 heteroatoms. The average molecular weight is 466 g/mol. The smallest absolute Gasteiger partial charge is 0.266 e. The van der Waals surface area contributed by atoms with Crippen molar-refractivity contribution < 1.29 is 14.6 Å². The number of aromatic hydroxyl groups is 1. The van der Waals surface area contributed by atoms with E-state index in [0.717, 1.165) is 11.3 Å². The Bertz CT molecular complexity index is 881. The van der Waals surface area contributed by atoms with Gasteiger partial charge in [0, 0.05) is 7.05 Å². The number of methoxy groups -OCH3 is 1. The number of carbonyl (C=O) groups excluding carboxylic acids is 1. The number of hydrogen-bond acceptors (Lipinski definition) is 5. The van der Waals surface area contributed by atoms with E-state index in [2.05, 4.69) is 4.99 Å². The van der Waals surface area contributed by atoms with E-state index in [1.807, 2.05) is 52.9 Å². The number of nitrogens with zero attached hydrogens (tertiary/aromatic N) is 2. The lowest BCUT2D eigenvalue weighted by Gasteiger charge is -2.07. The summed E-state index contributed by atoms with van der Waals surface area (Å²) in [6.07, 6.45) is 1.78. The maximum Gasteiger partial charge on any atom is 0.266 e. The summed E-state index contributed by atoms with van der Waals surface area (Å²) in [5.41, 5.74) is 1.58. The van der Waals surface area contributed by atoms with Crippen LogP contribution in [0.2, 0.25) is 0 Å². The van der Waals surface area contributed by atoms with Gasteiger partial charge in [-0.3, -0.25) is 9.69 Å². The Hall–Kier alpha value is -2.00. The maximum absolute atomic E-state index is 12.5. The summed E-state index contributed by atoms with van der Waals surface area (Å²) in [4.78, 5) is 19.1. The average Bonchev–Trinajstić information content (AvgIpc) is 2.87. The number of halogens is 1. The normalized spacial score (nSPS) is 17.6. The van der Waals surface area contributed by atoms with Gasteiger partial charge in [-0.05, 0) is 70.3 Å². The van der Waals surface area contributed by atoms with Gasteiger partial charge in [0.1, 0.15) is 0 Å². The first-order valence-electron chi connectivity index (χ1n) is 7.37. The number of carbonyl (C=O) groups is 1. The first kappa shape index (κ1) is 17.8. The number of ether oxygens (including phenoxy) is 1. The molecule has 1 fully saturated rings. The van der Waals surface area contributed by atoms with Gasteiger partial charge in [-0.25, -0.2) is 4.99 Å². The van der Waals surface area contributed by atoms with Crippen molar-refractivity contribution in [2.75, 3.05) is 14.2 Å². The number of phenols is 1. The standard InChI is InChI=1S/C18H15IN2O3S/c1-21-17(23)15(25-18(21)20-12-6-4-3-5-7-12)10-11-8-13(19)16(22)14(9-11)24-2/h3-10,22H,1-2H3. The fourth-order valence-electron chi connectivity index (χ4n) is 2.25. The van der Waals surface area contributed by atoms with Crippen LogP contribution >= 0.6 is 34.4 Å². The molecule has 0 bridgehead atoms. The van der Waals surface area contributed by atoms with Crippen LogP contribution in [0.15, 0.2) is 52.4 Å². The summed E-state index contributed by atoms with van der Waals surface area (Å²) in [7, 11) is 3.20. The maximum atomic E-state index is 12.5. The van der Waals surface area contributed by atoms with Gasteiger partial charge in [0.2, 0.25) is 0 Å². The van der Waals surface area contributed by atoms with Crippen LogP contribution in [-0.2, 0) is 4.79 Å². The number of phenolic OH excluding ortho intramolecular Hbond substituents is 1. The Labute approximate surface area is 163 Å². The summed E-state index contributed by atoms with van der Waals surface area (Å²) in [6, 6.07) is 13.0. The number of amidine groups is 1. The Kier molecular flexibility index (Phi) is 5.33. The van der Waals surface area contributed by atoms with Crippen molar-refractivity contribution in [1.82, 2.24) is 4.90 Å². The molecular formula is C18H15IN2O3S. The number of benzene rings is 2. The second-order valence-electron chi connectivity index (χ2n) is 5.26. The Morgan fingerprint density at radius 2 is 2.00 bits per heavy atom. The molecule has 1 aliphatic heterocycles. The molecule has 0 aromatic heterocycles. The first-order chi connectivity index (χ1) is 12.0. The van der Waals surface area contributed by atoms with Gasteiger partial charge in [-0.15, -0.1) is 0 Å². The molecule has 0 unspecified atom stereocenters. The Morgan fingerprint density at radius 1 is 1.28 bits per heavy atom. The molecule has 0 radical (unpaired) electrons. The van der Waals surface area contributed by atoms with Crippen molar-refractivity contribution in [2.24, 2.45) is 4.99 Å². The lowest BCUT2D eigenvalue weighted by molar-refractivity contribution is -0.121. The highest BCUT2D eigenvalue weighted by Gasteiger charge is 2.30. The molecule has 5 nitrogen and oxygen atoms in total. The fourth-order valence-corrected chi connectivity index (χ4v) is 3.86. The molecule has 2 aromatic carbocycles. The molecule has 0 atom stereocenters. The third-order valence-electron chi connectivity index (χ3n) is 3.55. The van der Waals surface area contributed by atoms with Crippen molar-refractivity contribution in [3.8, 4) is 11.5 Å². The number of para-hydroxylation sites is 1. The van der Waals surface area contributed by atoms with Crippen molar-refractivity contribution >= 4 is 57.2 Å². The number of aliphatic imine (C=N–C) groups is 1. The van der Waals surface area contributed by atoms with Crippen LogP contribution in [-0.4, -0.2) is 35.2 Å². The highest BCUT2D eigenvalue weighted by atomic mass is 127. The van der Waals surface area contributed by atoms with E-state index in [0.29, 0.717) is 19.4 Å². The molecule has 2 aromatic rings. The van der Waals surface area contributed by atoms with Crippen molar-refractivity contribution in [2.45, 2.75) is 0 Å². The minimum absolute atomic E-state index is 0.0964. The SMILES string of the molecule is COc1cc(C=C2SC(=Nc3ccccc3)N(C)C2=O)cc(I)c1O. The zero-order chi connectivity index (χ0) is 18.0. The molecule has 0 saturated carbocycles. The molecule has 0 spiro atoms. The van der Waals surface area contributed by atoms with Crippen LogP contribution in [0.25, 0.3) is 6.08 Å². The van der Waals surface area contributed by atoms with E-state index in [1.165, 1.54) is 23.8 Å². The molecule has 1 heterocycles. The predicted octanol–water partition coefficient (Wildman–Crippen LogP) is 4.24. The van der Waals surface area contributed by atoms with Crippen LogP contribution in [0, 0.1) is 3.57 Å². The van der Waals surface area contributed by atoms with Gasteiger partial charge >= 0.3 is 0 Å². The third-order valence-corrected chi connectivity index (χ3v) is 5.44. The largest absolute Gasteiger partial charge is 0.504 e. The van der Waals surface area contributed by atoms with E-state index in [4.69, 9.17) is 4.74 Å². The van der Waals surface area contributed by atoms with Crippen LogP contribution in [0.5, 0.6) is 11.5 Å². The summed E-state index contributed by atoms with van der Waals surface area (Å²) in [6.45, 7) is 0. The zero-order valence-electron chi connectivity index (χ0n) is 13.6. The Morgan fingerprint density at radius 3 is 2.68 bits per heavy atom. The van der Waals surface area contributed by atoms with Crippen LogP contribution < -0.4 is 4.74 Å². The fraction of sp³-hybridized carbons (Fsp3) is 0.111. The van der Waals surface area contributed by atoms with Gasteiger partial charge < -0.3 is 9.84 Å². The zero-order valence-corrected chi connectivity index (χ0v) is 16.5. The Balaban J connectivity index is 1.94. The quantitative estimate of drug-likeness (QED) is 0.543. The third kappa shape index (κ3) is 3.82. The molecule has 1 N–H and O–H groups in total. The van der Waals surface area contributed by atoms with Gasteiger partial charge in [-0.1, -0.05) is 18.2 Å². The molecule has 25 heavy (non-hydrogen) atoms. The summed E-state index contributed by atoms with van der Waals surface area (Å²) >= 11 is 3.35. The number of likely N-dealkylation sites (N-methyl/N-ethyl adjacent to an activating group) is 1. The molecular weight excluding hydrogens is 451 g/mol. The van der Waals surface area contributed by atoms with E-state index in [9.17, 15) is 9.90 Å². The summed E-state index contributed by atoms with van der Waals surface area (Å²) in [5, 5.41) is 10.6. The summed E-state index contributed by atoms with van der Waals surface area (Å²) < 4.78 is 5.83. The highest BCUT2D eigenvalue weighted by Crippen LogP contribution is 2.36. The topological polar surface area (TPSA) is 62.1 Å². The van der Waals surface area contributed by atoms with Crippen molar-refractivity contribution in [3.63, 3.8) is 0 Å². The molecule has 1 aliphatic rings. The van der Waals surface area contributed by atoms with Crippen LogP contribution in [0.4, 0.5) is 5.69 Å². The molecule has 128 valence electrons. The molecule has 1 amide bonds. The van der Waals surface area contributed by atoms with E-state index >= 15 is 0 Å². The second-order valence-corrected chi connectivity index (χ2v) is 7.43. The molecule has 1 saturated heterocycles. The predicted molar refractivity (Wildman–Crippen MR) is 109 cm³/mol. The number of thioether (sulfide) groups is 1. The van der Waals surface area contributed by atoms with Crippen molar-refractivity contribution in [1.29, 1.82) is 0 Å². The van der Waals surface area contributed by atoms with Crippen LogP contribution in [0.1, 0.15) is 5.56 Å². The number of rotatable bonds is 3. The first-order valence-corrected chi connectivity index (χ1v) is 9.27. The second kappa shape index (κ2) is 7.49. The lowest BCUT2D eigenvalue weighted by Crippen LogP contribution is -2.23.